The van der Waals surface area contributed by atoms with E-state index >= 15 is 0 Å². The number of hydrogen-bond acceptors (Lipinski definition) is 2. The highest BCUT2D eigenvalue weighted by Gasteiger charge is 2.22. The third kappa shape index (κ3) is 4.70. The Morgan fingerprint density at radius 2 is 1.92 bits per heavy atom. The lowest BCUT2D eigenvalue weighted by Gasteiger charge is -2.16. The van der Waals surface area contributed by atoms with Crippen molar-refractivity contribution >= 4 is 5.97 Å². The lowest BCUT2D eigenvalue weighted by molar-refractivity contribution is 0.0696. The van der Waals surface area contributed by atoms with E-state index in [1.807, 2.05) is 12.1 Å². The fourth-order valence-electron chi connectivity index (χ4n) is 3.66. The third-order valence-corrected chi connectivity index (χ3v) is 5.12. The highest BCUT2D eigenvalue weighted by molar-refractivity contribution is 5.87. The van der Waals surface area contributed by atoms with E-state index in [9.17, 15) is 4.79 Å². The fraction of sp³-hybridized carbons (Fsp3) is 0.409. The summed E-state index contributed by atoms with van der Waals surface area (Å²) in [7, 11) is 0. The average Bonchev–Trinajstić information content (AvgIpc) is 3.02. The van der Waals surface area contributed by atoms with E-state index in [0.717, 1.165) is 31.6 Å². The Hall–Kier alpha value is -2.13. The van der Waals surface area contributed by atoms with Crippen LogP contribution in [0.2, 0.25) is 0 Å². The summed E-state index contributed by atoms with van der Waals surface area (Å²) in [5, 5.41) is 9.12. The van der Waals surface area contributed by atoms with E-state index in [-0.39, 0.29) is 0 Å². The van der Waals surface area contributed by atoms with Crippen LogP contribution in [-0.4, -0.2) is 29.1 Å². The Bertz CT molecular complexity index is 721. The first-order valence-corrected chi connectivity index (χ1v) is 9.14. The van der Waals surface area contributed by atoms with Gasteiger partial charge < -0.3 is 5.11 Å². The summed E-state index contributed by atoms with van der Waals surface area (Å²) in [6.45, 7) is 7.46. The molecule has 2 aromatic rings. The van der Waals surface area contributed by atoms with Crippen LogP contribution in [0.5, 0.6) is 0 Å². The van der Waals surface area contributed by atoms with Crippen molar-refractivity contribution in [2.45, 2.75) is 39.2 Å². The van der Waals surface area contributed by atoms with Crippen molar-refractivity contribution in [2.24, 2.45) is 5.92 Å². The Labute approximate surface area is 150 Å². The number of aromatic carboxylic acids is 1. The normalized spacial score (nSPS) is 18.0. The summed E-state index contributed by atoms with van der Waals surface area (Å²) in [6.07, 6.45) is 2.34. The zero-order valence-electron chi connectivity index (χ0n) is 15.1. The number of benzene rings is 2. The van der Waals surface area contributed by atoms with E-state index in [4.69, 9.17) is 5.11 Å². The predicted molar refractivity (Wildman–Crippen MR) is 101 cm³/mol. The Balaban J connectivity index is 1.55. The second-order valence-electron chi connectivity index (χ2n) is 7.50. The van der Waals surface area contributed by atoms with E-state index in [1.165, 1.54) is 17.5 Å². The maximum absolute atomic E-state index is 11.1. The van der Waals surface area contributed by atoms with Crippen molar-refractivity contribution in [1.82, 2.24) is 4.90 Å². The van der Waals surface area contributed by atoms with Crippen LogP contribution in [-0.2, 0) is 13.0 Å². The van der Waals surface area contributed by atoms with Gasteiger partial charge in [-0.15, -0.1) is 0 Å². The molecule has 1 aliphatic heterocycles. The minimum Gasteiger partial charge on any atom is -0.478 e. The molecule has 0 aromatic heterocycles. The molecule has 0 radical (unpaired) electrons. The standard InChI is InChI=1S/C22H27NO2/c1-16(2)20-8-6-17(7-9-20)12-19-10-11-23(15-19)14-18-4-3-5-21(13-18)22(24)25/h3-9,13,16,19H,10-12,14-15H2,1-2H3,(H,24,25). The van der Waals surface area contributed by atoms with Gasteiger partial charge in [-0.25, -0.2) is 4.79 Å². The molecule has 25 heavy (non-hydrogen) atoms. The van der Waals surface area contributed by atoms with E-state index in [1.54, 1.807) is 12.1 Å². The second kappa shape index (κ2) is 7.83. The van der Waals surface area contributed by atoms with Gasteiger partial charge in [-0.05, 0) is 60.0 Å². The third-order valence-electron chi connectivity index (χ3n) is 5.12. The molecular weight excluding hydrogens is 310 g/mol. The molecule has 132 valence electrons. The van der Waals surface area contributed by atoms with Gasteiger partial charge >= 0.3 is 5.97 Å². The molecule has 3 heteroatoms. The minimum atomic E-state index is -0.856. The number of nitrogens with zero attached hydrogens (tertiary/aromatic N) is 1. The summed E-state index contributed by atoms with van der Waals surface area (Å²) in [5.41, 5.74) is 4.28. The zero-order valence-corrected chi connectivity index (χ0v) is 15.1. The van der Waals surface area contributed by atoms with Gasteiger partial charge in [0.15, 0.2) is 0 Å². The maximum Gasteiger partial charge on any atom is 0.335 e. The van der Waals surface area contributed by atoms with Crippen molar-refractivity contribution in [3.8, 4) is 0 Å². The summed E-state index contributed by atoms with van der Waals surface area (Å²) in [5.74, 6) is 0.413. The van der Waals surface area contributed by atoms with Crippen LogP contribution in [0.15, 0.2) is 48.5 Å². The van der Waals surface area contributed by atoms with Gasteiger partial charge in [-0.2, -0.15) is 0 Å². The van der Waals surface area contributed by atoms with Gasteiger partial charge in [0.05, 0.1) is 5.56 Å². The van der Waals surface area contributed by atoms with Crippen LogP contribution < -0.4 is 0 Å². The topological polar surface area (TPSA) is 40.5 Å². The molecule has 0 bridgehead atoms. The van der Waals surface area contributed by atoms with E-state index < -0.39 is 5.97 Å². The van der Waals surface area contributed by atoms with Gasteiger partial charge in [-0.3, -0.25) is 4.90 Å². The highest BCUT2D eigenvalue weighted by atomic mass is 16.4. The van der Waals surface area contributed by atoms with Crippen LogP contribution >= 0.6 is 0 Å². The minimum absolute atomic E-state index is 0.374. The van der Waals surface area contributed by atoms with Gasteiger partial charge in [0.25, 0.3) is 0 Å². The number of rotatable bonds is 6. The number of likely N-dealkylation sites (tertiary alicyclic amines) is 1. The molecule has 0 spiro atoms. The van der Waals surface area contributed by atoms with Gasteiger partial charge in [-0.1, -0.05) is 50.2 Å². The molecule has 2 aromatic carbocycles. The summed E-state index contributed by atoms with van der Waals surface area (Å²) in [6, 6.07) is 16.4. The molecule has 0 saturated carbocycles. The van der Waals surface area contributed by atoms with Gasteiger partial charge in [0.1, 0.15) is 0 Å². The van der Waals surface area contributed by atoms with Crippen LogP contribution in [0.1, 0.15) is 53.2 Å². The second-order valence-corrected chi connectivity index (χ2v) is 7.50. The molecule has 3 nitrogen and oxygen atoms in total. The van der Waals surface area contributed by atoms with Gasteiger partial charge in [0, 0.05) is 13.1 Å². The summed E-state index contributed by atoms with van der Waals surface area (Å²) in [4.78, 5) is 13.5. The summed E-state index contributed by atoms with van der Waals surface area (Å²) >= 11 is 0. The van der Waals surface area contributed by atoms with E-state index in [2.05, 4.69) is 43.0 Å². The molecule has 0 aliphatic carbocycles. The van der Waals surface area contributed by atoms with Crippen LogP contribution in [0.3, 0.4) is 0 Å². The van der Waals surface area contributed by atoms with Crippen molar-refractivity contribution < 1.29 is 9.90 Å². The molecular formula is C22H27NO2. The van der Waals surface area contributed by atoms with E-state index in [0.29, 0.717) is 17.4 Å². The summed E-state index contributed by atoms with van der Waals surface area (Å²) < 4.78 is 0. The Kier molecular flexibility index (Phi) is 5.54. The molecule has 1 aliphatic rings. The van der Waals surface area contributed by atoms with Crippen molar-refractivity contribution in [1.29, 1.82) is 0 Å². The zero-order chi connectivity index (χ0) is 17.8. The molecule has 1 fully saturated rings. The number of carboxylic acids is 1. The largest absolute Gasteiger partial charge is 0.478 e. The number of hydrogen-bond donors (Lipinski definition) is 1. The lowest BCUT2D eigenvalue weighted by Crippen LogP contribution is -2.20. The number of carboxylic acid groups (broad SMARTS) is 1. The molecule has 1 atom stereocenters. The van der Waals surface area contributed by atoms with Crippen LogP contribution in [0, 0.1) is 5.92 Å². The molecule has 1 N–H and O–H groups in total. The average molecular weight is 337 g/mol. The first-order valence-electron chi connectivity index (χ1n) is 9.14. The molecule has 1 unspecified atom stereocenters. The van der Waals surface area contributed by atoms with Crippen molar-refractivity contribution in [3.05, 3.63) is 70.8 Å². The molecule has 0 amide bonds. The molecule has 1 saturated heterocycles. The van der Waals surface area contributed by atoms with Crippen LogP contribution in [0.25, 0.3) is 0 Å². The fourth-order valence-corrected chi connectivity index (χ4v) is 3.66. The monoisotopic (exact) mass is 337 g/mol. The van der Waals surface area contributed by atoms with Crippen LogP contribution in [0.4, 0.5) is 0 Å². The quantitative estimate of drug-likeness (QED) is 0.839. The lowest BCUT2D eigenvalue weighted by atomic mass is 9.96. The molecule has 1 heterocycles. The SMILES string of the molecule is CC(C)c1ccc(CC2CCN(Cc3cccc(C(=O)O)c3)C2)cc1. The maximum atomic E-state index is 11.1. The molecule has 3 rings (SSSR count). The Morgan fingerprint density at radius 1 is 1.16 bits per heavy atom. The number of carbonyl (C=O) groups is 1. The first kappa shape index (κ1) is 17.7. The van der Waals surface area contributed by atoms with Gasteiger partial charge in [0.2, 0.25) is 0 Å². The van der Waals surface area contributed by atoms with Crippen molar-refractivity contribution in [3.63, 3.8) is 0 Å². The predicted octanol–water partition coefficient (Wildman–Crippen LogP) is 4.57. The highest BCUT2D eigenvalue weighted by Crippen LogP contribution is 2.24. The first-order chi connectivity index (χ1) is 12.0. The van der Waals surface area contributed by atoms with Crippen molar-refractivity contribution in [2.75, 3.05) is 13.1 Å². The smallest absolute Gasteiger partial charge is 0.335 e. The Morgan fingerprint density at radius 3 is 2.60 bits per heavy atom.